The summed E-state index contributed by atoms with van der Waals surface area (Å²) in [7, 11) is 1.87. The maximum Gasteiger partial charge on any atom is 0.169 e. The summed E-state index contributed by atoms with van der Waals surface area (Å²) < 4.78 is 5.88. The molecule has 0 spiro atoms. The van der Waals surface area contributed by atoms with Gasteiger partial charge in [-0.15, -0.1) is 11.3 Å². The second-order valence-corrected chi connectivity index (χ2v) is 5.83. The van der Waals surface area contributed by atoms with Gasteiger partial charge < -0.3 is 10.1 Å². The summed E-state index contributed by atoms with van der Waals surface area (Å²) >= 11 is 1.61. The molecular formula is C16H17N3OS. The maximum atomic E-state index is 5.88. The van der Waals surface area contributed by atoms with Crippen LogP contribution in [0.15, 0.2) is 29.6 Å². The van der Waals surface area contributed by atoms with E-state index in [4.69, 9.17) is 4.74 Å². The fraction of sp³-hybridized carbons (Fsp3) is 0.250. The van der Waals surface area contributed by atoms with E-state index >= 15 is 0 Å². The lowest BCUT2D eigenvalue weighted by molar-refractivity contribution is 0.294. The van der Waals surface area contributed by atoms with Crippen LogP contribution in [0.4, 0.5) is 5.82 Å². The average Bonchev–Trinajstić information content (AvgIpc) is 2.95. The Morgan fingerprint density at radius 1 is 1.19 bits per heavy atom. The fourth-order valence-electron chi connectivity index (χ4n) is 2.16. The standard InChI is InChI=1S/C16H17N3OS/c1-10-4-5-11(2)13(8-10)20-9-14-18-15(17-3)12-6-7-21-16(12)19-14/h4-8H,9H2,1-3H3,(H,17,18,19). The van der Waals surface area contributed by atoms with Crippen LogP contribution in [-0.2, 0) is 6.61 Å². The van der Waals surface area contributed by atoms with Crippen LogP contribution in [0.3, 0.4) is 0 Å². The number of ether oxygens (including phenoxy) is 1. The number of hydrogen-bond donors (Lipinski definition) is 1. The number of nitrogens with one attached hydrogen (secondary N) is 1. The van der Waals surface area contributed by atoms with Gasteiger partial charge >= 0.3 is 0 Å². The van der Waals surface area contributed by atoms with Gasteiger partial charge in [0, 0.05) is 7.05 Å². The molecule has 4 nitrogen and oxygen atoms in total. The first kappa shape index (κ1) is 13.8. The second-order valence-electron chi connectivity index (χ2n) is 4.94. The SMILES string of the molecule is CNc1nc(COc2cc(C)ccc2C)nc2sccc12. The number of aryl methyl sites for hydroxylation is 2. The Hall–Kier alpha value is -2.14. The van der Waals surface area contributed by atoms with E-state index in [1.807, 2.05) is 31.5 Å². The monoisotopic (exact) mass is 299 g/mol. The summed E-state index contributed by atoms with van der Waals surface area (Å²) in [6.07, 6.45) is 0. The minimum absolute atomic E-state index is 0.368. The molecule has 0 saturated carbocycles. The van der Waals surface area contributed by atoms with Crippen molar-refractivity contribution in [2.75, 3.05) is 12.4 Å². The molecule has 0 aliphatic rings. The van der Waals surface area contributed by atoms with Crippen molar-refractivity contribution in [3.63, 3.8) is 0 Å². The van der Waals surface area contributed by atoms with E-state index in [1.54, 1.807) is 11.3 Å². The second kappa shape index (κ2) is 5.69. The van der Waals surface area contributed by atoms with E-state index in [-0.39, 0.29) is 0 Å². The molecule has 1 N–H and O–H groups in total. The molecule has 0 radical (unpaired) electrons. The number of anilines is 1. The van der Waals surface area contributed by atoms with Gasteiger partial charge in [0.25, 0.3) is 0 Å². The van der Waals surface area contributed by atoms with Crippen LogP contribution in [-0.4, -0.2) is 17.0 Å². The highest BCUT2D eigenvalue weighted by molar-refractivity contribution is 7.16. The van der Waals surface area contributed by atoms with Crippen LogP contribution in [0.1, 0.15) is 17.0 Å². The Morgan fingerprint density at radius 2 is 2.05 bits per heavy atom. The minimum Gasteiger partial charge on any atom is -0.485 e. The Bertz CT molecular complexity index is 782. The number of thiophene rings is 1. The smallest absolute Gasteiger partial charge is 0.169 e. The highest BCUT2D eigenvalue weighted by atomic mass is 32.1. The summed E-state index contributed by atoms with van der Waals surface area (Å²) in [6.45, 7) is 4.46. The van der Waals surface area contributed by atoms with E-state index in [0.717, 1.165) is 27.3 Å². The van der Waals surface area contributed by atoms with Gasteiger partial charge in [0.15, 0.2) is 5.82 Å². The molecule has 5 heteroatoms. The molecule has 0 bridgehead atoms. The third-order valence-electron chi connectivity index (χ3n) is 3.31. The van der Waals surface area contributed by atoms with Crippen LogP contribution in [0.2, 0.25) is 0 Å². The van der Waals surface area contributed by atoms with Gasteiger partial charge in [-0.2, -0.15) is 0 Å². The molecule has 108 valence electrons. The van der Waals surface area contributed by atoms with Gasteiger partial charge in [-0.05, 0) is 42.5 Å². The number of aromatic nitrogens is 2. The molecule has 3 aromatic rings. The predicted molar refractivity (Wildman–Crippen MR) is 87.2 cm³/mol. The number of nitrogens with zero attached hydrogens (tertiary/aromatic N) is 2. The molecule has 1 aromatic carbocycles. The molecule has 0 saturated heterocycles. The zero-order chi connectivity index (χ0) is 14.8. The summed E-state index contributed by atoms with van der Waals surface area (Å²) in [4.78, 5) is 10.1. The molecule has 0 fully saturated rings. The first-order valence-electron chi connectivity index (χ1n) is 6.79. The Kier molecular flexibility index (Phi) is 3.75. The normalized spacial score (nSPS) is 10.8. The molecule has 2 aromatic heterocycles. The summed E-state index contributed by atoms with van der Waals surface area (Å²) in [5.41, 5.74) is 2.30. The lowest BCUT2D eigenvalue weighted by Gasteiger charge is -2.10. The first-order valence-corrected chi connectivity index (χ1v) is 7.67. The molecular weight excluding hydrogens is 282 g/mol. The first-order chi connectivity index (χ1) is 10.2. The van der Waals surface area contributed by atoms with Crippen LogP contribution in [0.5, 0.6) is 5.75 Å². The molecule has 0 amide bonds. The van der Waals surface area contributed by atoms with Crippen molar-refractivity contribution in [1.29, 1.82) is 0 Å². The van der Waals surface area contributed by atoms with Crippen LogP contribution in [0.25, 0.3) is 10.2 Å². The van der Waals surface area contributed by atoms with Crippen molar-refractivity contribution in [2.24, 2.45) is 0 Å². The van der Waals surface area contributed by atoms with E-state index in [1.165, 1.54) is 5.56 Å². The minimum atomic E-state index is 0.368. The zero-order valence-electron chi connectivity index (χ0n) is 12.3. The highest BCUT2D eigenvalue weighted by Gasteiger charge is 2.09. The van der Waals surface area contributed by atoms with Crippen LogP contribution < -0.4 is 10.1 Å². The number of fused-ring (bicyclic) bond motifs is 1. The van der Waals surface area contributed by atoms with Crippen molar-refractivity contribution >= 4 is 27.4 Å². The van der Waals surface area contributed by atoms with Crippen molar-refractivity contribution in [3.8, 4) is 5.75 Å². The molecule has 0 atom stereocenters. The van der Waals surface area contributed by atoms with Crippen molar-refractivity contribution in [2.45, 2.75) is 20.5 Å². The summed E-state index contributed by atoms with van der Waals surface area (Å²) in [6, 6.07) is 8.21. The third kappa shape index (κ3) is 2.83. The van der Waals surface area contributed by atoms with E-state index in [9.17, 15) is 0 Å². The topological polar surface area (TPSA) is 47.0 Å². The number of benzene rings is 1. The van der Waals surface area contributed by atoms with Crippen LogP contribution in [0, 0.1) is 13.8 Å². The van der Waals surface area contributed by atoms with Crippen molar-refractivity contribution in [3.05, 3.63) is 46.6 Å². The lowest BCUT2D eigenvalue weighted by Crippen LogP contribution is -2.05. The summed E-state index contributed by atoms with van der Waals surface area (Å²) in [5, 5.41) is 6.19. The lowest BCUT2D eigenvalue weighted by atomic mass is 10.1. The van der Waals surface area contributed by atoms with Crippen LogP contribution >= 0.6 is 11.3 Å². The Balaban J connectivity index is 1.86. The Labute approximate surface area is 127 Å². The van der Waals surface area contributed by atoms with Gasteiger partial charge in [-0.3, -0.25) is 0 Å². The Morgan fingerprint density at radius 3 is 2.86 bits per heavy atom. The molecule has 3 rings (SSSR count). The van der Waals surface area contributed by atoms with E-state index < -0.39 is 0 Å². The zero-order valence-corrected chi connectivity index (χ0v) is 13.1. The average molecular weight is 299 g/mol. The molecule has 0 unspecified atom stereocenters. The molecule has 0 aliphatic carbocycles. The molecule has 2 heterocycles. The predicted octanol–water partition coefficient (Wildman–Crippen LogP) is 3.93. The maximum absolute atomic E-state index is 5.88. The largest absolute Gasteiger partial charge is 0.485 e. The quantitative estimate of drug-likeness (QED) is 0.793. The number of hydrogen-bond acceptors (Lipinski definition) is 5. The van der Waals surface area contributed by atoms with E-state index in [0.29, 0.717) is 12.4 Å². The van der Waals surface area contributed by atoms with Gasteiger partial charge in [0.2, 0.25) is 0 Å². The molecule has 21 heavy (non-hydrogen) atoms. The third-order valence-corrected chi connectivity index (χ3v) is 4.12. The number of rotatable bonds is 4. The molecule has 0 aliphatic heterocycles. The van der Waals surface area contributed by atoms with Gasteiger partial charge in [-0.25, -0.2) is 9.97 Å². The van der Waals surface area contributed by atoms with Gasteiger partial charge in [-0.1, -0.05) is 12.1 Å². The highest BCUT2D eigenvalue weighted by Crippen LogP contribution is 2.25. The van der Waals surface area contributed by atoms with Crippen molar-refractivity contribution in [1.82, 2.24) is 9.97 Å². The van der Waals surface area contributed by atoms with Crippen molar-refractivity contribution < 1.29 is 4.74 Å². The fourth-order valence-corrected chi connectivity index (χ4v) is 2.94. The van der Waals surface area contributed by atoms with E-state index in [2.05, 4.69) is 34.3 Å². The van der Waals surface area contributed by atoms with Gasteiger partial charge in [0.05, 0.1) is 5.39 Å². The summed E-state index contributed by atoms with van der Waals surface area (Å²) in [5.74, 6) is 2.42. The van der Waals surface area contributed by atoms with Gasteiger partial charge in [0.1, 0.15) is 23.0 Å².